The van der Waals surface area contributed by atoms with Crippen LogP contribution in [-0.2, 0) is 20.5 Å². The van der Waals surface area contributed by atoms with Crippen LogP contribution in [0.15, 0.2) is 6.07 Å². The Morgan fingerprint density at radius 1 is 1.20 bits per heavy atom. The van der Waals surface area contributed by atoms with E-state index in [4.69, 9.17) is 0 Å². The first-order valence-electron chi connectivity index (χ1n) is 10.8. The van der Waals surface area contributed by atoms with Crippen molar-refractivity contribution in [3.8, 4) is 0 Å². The smallest absolute Gasteiger partial charge is 0.323 e. The van der Waals surface area contributed by atoms with Crippen LogP contribution in [0.4, 0.5) is 10.6 Å². The number of aromatic nitrogens is 2. The summed E-state index contributed by atoms with van der Waals surface area (Å²) in [5, 5.41) is 10.4. The molecule has 166 valence electrons. The topological polar surface area (TPSA) is 96.3 Å². The van der Waals surface area contributed by atoms with Crippen molar-refractivity contribution in [2.24, 2.45) is 5.92 Å². The van der Waals surface area contributed by atoms with Crippen molar-refractivity contribution < 1.29 is 14.4 Å². The van der Waals surface area contributed by atoms with E-state index in [9.17, 15) is 14.4 Å². The maximum Gasteiger partial charge on any atom is 0.325 e. The first kappa shape index (κ1) is 22.3. The fourth-order valence-electron chi connectivity index (χ4n) is 4.09. The Bertz CT molecular complexity index is 851. The van der Waals surface area contributed by atoms with E-state index in [-0.39, 0.29) is 23.4 Å². The van der Waals surface area contributed by atoms with Crippen LogP contribution in [0.5, 0.6) is 0 Å². The van der Waals surface area contributed by atoms with Gasteiger partial charge in [0.25, 0.3) is 5.91 Å². The van der Waals surface area contributed by atoms with Gasteiger partial charge in [0, 0.05) is 11.5 Å². The highest BCUT2D eigenvalue weighted by Gasteiger charge is 2.52. The number of urea groups is 1. The Labute approximate surface area is 178 Å². The summed E-state index contributed by atoms with van der Waals surface area (Å²) in [6.45, 7) is 14.1. The zero-order valence-electron chi connectivity index (χ0n) is 19.3. The lowest BCUT2D eigenvalue weighted by atomic mass is 9.77. The van der Waals surface area contributed by atoms with Crippen molar-refractivity contribution in [3.05, 3.63) is 11.8 Å². The number of carbonyl (C=O) groups is 3. The summed E-state index contributed by atoms with van der Waals surface area (Å²) < 4.78 is 1.78. The molecule has 8 nitrogen and oxygen atoms in total. The minimum absolute atomic E-state index is 0.175. The predicted octanol–water partition coefficient (Wildman–Crippen LogP) is 3.37. The normalized spacial score (nSPS) is 25.0. The van der Waals surface area contributed by atoms with Gasteiger partial charge in [-0.1, -0.05) is 27.7 Å². The Hall–Kier alpha value is -2.38. The van der Waals surface area contributed by atoms with Gasteiger partial charge in [0.1, 0.15) is 17.9 Å². The molecule has 2 N–H and O–H groups in total. The quantitative estimate of drug-likeness (QED) is 0.737. The van der Waals surface area contributed by atoms with Crippen molar-refractivity contribution >= 4 is 23.7 Å². The summed E-state index contributed by atoms with van der Waals surface area (Å²) in [5.41, 5.74) is -0.490. The molecular weight excluding hydrogens is 382 g/mol. The van der Waals surface area contributed by atoms with Gasteiger partial charge in [0.15, 0.2) is 0 Å². The van der Waals surface area contributed by atoms with E-state index in [0.29, 0.717) is 24.6 Å². The number of nitrogens with zero attached hydrogens (tertiary/aromatic N) is 3. The Kier molecular flexibility index (Phi) is 5.50. The van der Waals surface area contributed by atoms with Crippen molar-refractivity contribution in [3.63, 3.8) is 0 Å². The van der Waals surface area contributed by atoms with Crippen molar-refractivity contribution in [1.82, 2.24) is 20.0 Å². The molecule has 2 aliphatic rings. The molecule has 0 aromatic carbocycles. The molecule has 2 fully saturated rings. The number of nitrogens with one attached hydrogen (secondary N) is 2. The average Bonchev–Trinajstić information content (AvgIpc) is 3.13. The number of hydrogen-bond donors (Lipinski definition) is 2. The second-order valence-corrected chi connectivity index (χ2v) is 10.9. The lowest BCUT2D eigenvalue weighted by molar-refractivity contribution is -0.135. The van der Waals surface area contributed by atoms with E-state index in [1.54, 1.807) is 4.68 Å². The number of carbonyl (C=O) groups excluding carboxylic acids is 3. The van der Waals surface area contributed by atoms with Crippen LogP contribution in [0.1, 0.15) is 79.8 Å². The van der Waals surface area contributed by atoms with Crippen LogP contribution < -0.4 is 10.6 Å². The first-order valence-corrected chi connectivity index (χ1v) is 10.8. The first-order chi connectivity index (χ1) is 13.7. The van der Waals surface area contributed by atoms with Crippen LogP contribution in [0.3, 0.4) is 0 Å². The molecule has 2 heterocycles. The molecule has 1 aromatic rings. The van der Waals surface area contributed by atoms with Gasteiger partial charge in [-0.2, -0.15) is 5.10 Å². The van der Waals surface area contributed by atoms with Gasteiger partial charge in [-0.15, -0.1) is 0 Å². The molecule has 30 heavy (non-hydrogen) atoms. The minimum Gasteiger partial charge on any atom is -0.323 e. The van der Waals surface area contributed by atoms with Crippen LogP contribution in [0.2, 0.25) is 0 Å². The second kappa shape index (κ2) is 7.39. The average molecular weight is 418 g/mol. The lowest BCUT2D eigenvalue weighted by Gasteiger charge is -2.33. The number of amides is 4. The summed E-state index contributed by atoms with van der Waals surface area (Å²) >= 11 is 0. The van der Waals surface area contributed by atoms with Gasteiger partial charge in [0.05, 0.1) is 11.2 Å². The van der Waals surface area contributed by atoms with E-state index in [0.717, 1.165) is 23.4 Å². The van der Waals surface area contributed by atoms with Crippen LogP contribution >= 0.6 is 0 Å². The largest absolute Gasteiger partial charge is 0.325 e. The molecule has 0 unspecified atom stereocenters. The van der Waals surface area contributed by atoms with E-state index in [1.807, 2.05) is 26.8 Å². The monoisotopic (exact) mass is 417 g/mol. The molecule has 0 atom stereocenters. The van der Waals surface area contributed by atoms with Gasteiger partial charge in [0.2, 0.25) is 5.91 Å². The Morgan fingerprint density at radius 3 is 2.33 bits per heavy atom. The maximum atomic E-state index is 13.0. The third-order valence-electron chi connectivity index (χ3n) is 6.06. The second-order valence-electron chi connectivity index (χ2n) is 10.9. The molecule has 8 heteroatoms. The SMILES string of the molecule is CC1CCC2(CC1)NC(=O)N(CC(=O)Nc1cc(C(C)(C)C)nn1C(C)(C)C)C2=O. The predicted molar refractivity (Wildman–Crippen MR) is 115 cm³/mol. The molecule has 0 bridgehead atoms. The summed E-state index contributed by atoms with van der Waals surface area (Å²) in [6, 6.07) is 1.38. The molecule has 1 aliphatic carbocycles. The Balaban J connectivity index is 1.75. The molecule has 1 saturated heterocycles. The van der Waals surface area contributed by atoms with Crippen molar-refractivity contribution in [2.75, 3.05) is 11.9 Å². The van der Waals surface area contributed by atoms with Gasteiger partial charge in [-0.05, 0) is 52.4 Å². The fraction of sp³-hybridized carbons (Fsp3) is 0.727. The van der Waals surface area contributed by atoms with Crippen LogP contribution in [-0.4, -0.2) is 44.6 Å². The van der Waals surface area contributed by atoms with Crippen LogP contribution in [0.25, 0.3) is 0 Å². The number of anilines is 1. The summed E-state index contributed by atoms with van der Waals surface area (Å²) in [6.07, 6.45) is 3.05. The standard InChI is InChI=1S/C22H35N5O3/c1-14-8-10-22(11-9-14)18(29)26(19(30)24-22)13-17(28)23-16-12-15(20(2,3)4)25-27(16)21(5,6)7/h12,14H,8-11,13H2,1-7H3,(H,23,28)(H,24,30). The maximum absolute atomic E-state index is 13.0. The summed E-state index contributed by atoms with van der Waals surface area (Å²) in [5.74, 6) is 0.415. The third kappa shape index (κ3) is 4.23. The molecule has 1 saturated carbocycles. The zero-order valence-corrected chi connectivity index (χ0v) is 19.3. The lowest BCUT2D eigenvalue weighted by Crippen LogP contribution is -2.49. The number of hydrogen-bond acceptors (Lipinski definition) is 4. The highest BCUT2D eigenvalue weighted by Crippen LogP contribution is 2.36. The molecular formula is C22H35N5O3. The number of imide groups is 1. The molecule has 1 aromatic heterocycles. The van der Waals surface area contributed by atoms with Crippen molar-refractivity contribution in [1.29, 1.82) is 0 Å². The van der Waals surface area contributed by atoms with Crippen molar-refractivity contribution in [2.45, 2.75) is 90.6 Å². The van der Waals surface area contributed by atoms with Crippen LogP contribution in [0, 0.1) is 5.92 Å². The van der Waals surface area contributed by atoms with Gasteiger partial charge < -0.3 is 10.6 Å². The van der Waals surface area contributed by atoms with E-state index in [1.165, 1.54) is 0 Å². The summed E-state index contributed by atoms with van der Waals surface area (Å²) in [7, 11) is 0. The zero-order chi connectivity index (χ0) is 22.5. The van der Waals surface area contributed by atoms with E-state index >= 15 is 0 Å². The Morgan fingerprint density at radius 2 is 1.80 bits per heavy atom. The third-order valence-corrected chi connectivity index (χ3v) is 6.06. The molecule has 1 spiro atoms. The molecule has 1 aliphatic heterocycles. The van der Waals surface area contributed by atoms with Gasteiger partial charge in [-0.3, -0.25) is 14.5 Å². The molecule has 3 rings (SSSR count). The number of rotatable bonds is 3. The van der Waals surface area contributed by atoms with Gasteiger partial charge in [-0.25, -0.2) is 9.48 Å². The highest BCUT2D eigenvalue weighted by molar-refractivity contribution is 6.10. The summed E-state index contributed by atoms with van der Waals surface area (Å²) in [4.78, 5) is 39.3. The van der Waals surface area contributed by atoms with E-state index in [2.05, 4.69) is 43.4 Å². The van der Waals surface area contributed by atoms with Gasteiger partial charge >= 0.3 is 6.03 Å². The highest BCUT2D eigenvalue weighted by atomic mass is 16.2. The fourth-order valence-corrected chi connectivity index (χ4v) is 4.09. The molecule has 0 radical (unpaired) electrons. The molecule has 4 amide bonds. The minimum atomic E-state index is -0.837. The van der Waals surface area contributed by atoms with E-state index < -0.39 is 17.5 Å².